The first kappa shape index (κ1) is 14.1. The summed E-state index contributed by atoms with van der Waals surface area (Å²) in [5.41, 5.74) is 1.18. The van der Waals surface area contributed by atoms with Gasteiger partial charge in [0.15, 0.2) is 0 Å². The van der Waals surface area contributed by atoms with Gasteiger partial charge in [0, 0.05) is 24.7 Å². The van der Waals surface area contributed by atoms with E-state index in [1.807, 2.05) is 11.0 Å². The van der Waals surface area contributed by atoms with Gasteiger partial charge in [-0.05, 0) is 57.0 Å². The Morgan fingerprint density at radius 1 is 1.33 bits per heavy atom. The van der Waals surface area contributed by atoms with Gasteiger partial charge in [-0.3, -0.25) is 4.79 Å². The molecule has 2 unspecified atom stereocenters. The van der Waals surface area contributed by atoms with Crippen LogP contribution in [0, 0.1) is 17.2 Å². The van der Waals surface area contributed by atoms with Crippen molar-refractivity contribution in [2.24, 2.45) is 5.92 Å². The lowest BCUT2D eigenvalue weighted by molar-refractivity contribution is 0.0317. The van der Waals surface area contributed by atoms with Crippen molar-refractivity contribution < 1.29 is 4.79 Å². The van der Waals surface area contributed by atoms with E-state index in [0.717, 1.165) is 19.5 Å². The van der Waals surface area contributed by atoms with Crippen molar-refractivity contribution in [2.75, 3.05) is 26.7 Å². The highest BCUT2D eigenvalue weighted by atomic mass is 16.2. The molecular weight excluding hydrogens is 262 g/mol. The molecule has 2 aliphatic heterocycles. The molecule has 2 aliphatic rings. The predicted molar refractivity (Wildman–Crippen MR) is 80.8 cm³/mol. The highest BCUT2D eigenvalue weighted by Crippen LogP contribution is 2.30. The van der Waals surface area contributed by atoms with Crippen molar-refractivity contribution in [3.63, 3.8) is 0 Å². The summed E-state index contributed by atoms with van der Waals surface area (Å²) in [6.07, 6.45) is 3.51. The Morgan fingerprint density at radius 2 is 2.19 bits per heavy atom. The number of nitrogens with zero attached hydrogens (tertiary/aromatic N) is 3. The molecule has 2 saturated heterocycles. The smallest absolute Gasteiger partial charge is 0.253 e. The maximum atomic E-state index is 12.6. The van der Waals surface area contributed by atoms with Crippen molar-refractivity contribution >= 4 is 5.91 Å². The van der Waals surface area contributed by atoms with Gasteiger partial charge in [-0.25, -0.2) is 0 Å². The van der Waals surface area contributed by atoms with E-state index in [4.69, 9.17) is 5.26 Å². The van der Waals surface area contributed by atoms with Gasteiger partial charge in [0.2, 0.25) is 0 Å². The van der Waals surface area contributed by atoms with E-state index in [-0.39, 0.29) is 5.91 Å². The summed E-state index contributed by atoms with van der Waals surface area (Å²) in [5.74, 6) is 0.666. The van der Waals surface area contributed by atoms with Crippen LogP contribution in [0.15, 0.2) is 24.3 Å². The van der Waals surface area contributed by atoms with Crippen molar-refractivity contribution in [1.82, 2.24) is 9.80 Å². The van der Waals surface area contributed by atoms with Crippen molar-refractivity contribution in [3.8, 4) is 6.07 Å². The maximum absolute atomic E-state index is 12.6. The Balaban J connectivity index is 1.73. The van der Waals surface area contributed by atoms with Gasteiger partial charge in [-0.1, -0.05) is 6.07 Å². The van der Waals surface area contributed by atoms with E-state index in [1.54, 1.807) is 18.2 Å². The number of likely N-dealkylation sites (tertiary alicyclic amines) is 2. The monoisotopic (exact) mass is 283 g/mol. The Bertz CT molecular complexity index is 578. The van der Waals surface area contributed by atoms with Crippen LogP contribution >= 0.6 is 0 Å². The molecule has 4 heteroatoms. The van der Waals surface area contributed by atoms with Gasteiger partial charge in [0.1, 0.15) is 0 Å². The van der Waals surface area contributed by atoms with Crippen LogP contribution in [-0.2, 0) is 0 Å². The molecule has 1 aromatic rings. The summed E-state index contributed by atoms with van der Waals surface area (Å²) in [7, 11) is 2.20. The summed E-state index contributed by atoms with van der Waals surface area (Å²) in [6, 6.07) is 9.75. The highest BCUT2D eigenvalue weighted by Gasteiger charge is 2.35. The molecule has 2 atom stereocenters. The second-order valence-corrected chi connectivity index (χ2v) is 6.18. The molecule has 0 bridgehead atoms. The van der Waals surface area contributed by atoms with Crippen LogP contribution in [0.5, 0.6) is 0 Å². The average molecular weight is 283 g/mol. The minimum Gasteiger partial charge on any atom is -0.338 e. The van der Waals surface area contributed by atoms with Crippen molar-refractivity contribution in [3.05, 3.63) is 35.4 Å². The van der Waals surface area contributed by atoms with Crippen LogP contribution in [0.2, 0.25) is 0 Å². The average Bonchev–Trinajstić information content (AvgIpc) is 2.54. The first-order valence-corrected chi connectivity index (χ1v) is 7.68. The van der Waals surface area contributed by atoms with Crippen molar-refractivity contribution in [1.29, 1.82) is 5.26 Å². The normalized spacial score (nSPS) is 26.0. The van der Waals surface area contributed by atoms with E-state index in [9.17, 15) is 4.79 Å². The van der Waals surface area contributed by atoms with E-state index in [1.165, 1.54) is 19.4 Å². The third kappa shape index (κ3) is 2.79. The molecule has 1 aromatic carbocycles. The molecular formula is C17H21N3O. The molecule has 4 nitrogen and oxygen atoms in total. The highest BCUT2D eigenvalue weighted by molar-refractivity contribution is 5.94. The van der Waals surface area contributed by atoms with E-state index < -0.39 is 0 Å². The number of rotatable bonds is 1. The lowest BCUT2D eigenvalue weighted by Gasteiger charge is -2.46. The summed E-state index contributed by atoms with van der Waals surface area (Å²) in [5, 5.41) is 8.96. The van der Waals surface area contributed by atoms with E-state index in [2.05, 4.69) is 18.0 Å². The van der Waals surface area contributed by atoms with Crippen molar-refractivity contribution in [2.45, 2.75) is 25.3 Å². The Labute approximate surface area is 126 Å². The third-order valence-electron chi connectivity index (χ3n) is 4.87. The number of benzene rings is 1. The third-order valence-corrected chi connectivity index (χ3v) is 4.87. The molecule has 0 aromatic heterocycles. The number of nitriles is 1. The summed E-state index contributed by atoms with van der Waals surface area (Å²) >= 11 is 0. The SMILES string of the molecule is CN1CCCC2CN(C(=O)c3cccc(C#N)c3)CCC21. The standard InChI is InChI=1S/C17H21N3O/c1-19-8-3-6-15-12-20(9-7-16(15)19)17(21)14-5-2-4-13(10-14)11-18/h2,4-5,10,15-16H,3,6-9,12H2,1H3. The number of piperidine rings is 2. The Hall–Kier alpha value is -1.86. The zero-order chi connectivity index (χ0) is 14.8. The van der Waals surface area contributed by atoms with Gasteiger partial charge < -0.3 is 9.80 Å². The van der Waals surface area contributed by atoms with Gasteiger partial charge in [0.05, 0.1) is 11.6 Å². The second-order valence-electron chi connectivity index (χ2n) is 6.18. The fourth-order valence-electron chi connectivity index (χ4n) is 3.74. The van der Waals surface area contributed by atoms with Gasteiger partial charge in [0.25, 0.3) is 5.91 Å². The minimum atomic E-state index is 0.0683. The van der Waals surface area contributed by atoms with Gasteiger partial charge >= 0.3 is 0 Å². The van der Waals surface area contributed by atoms with Crippen LogP contribution in [0.4, 0.5) is 0 Å². The molecule has 0 spiro atoms. The number of amides is 1. The zero-order valence-electron chi connectivity index (χ0n) is 12.5. The fourth-order valence-corrected chi connectivity index (χ4v) is 3.74. The summed E-state index contributed by atoms with van der Waals surface area (Å²) < 4.78 is 0. The minimum absolute atomic E-state index is 0.0683. The Kier molecular flexibility index (Phi) is 3.94. The van der Waals surface area contributed by atoms with Crippen LogP contribution in [0.1, 0.15) is 35.2 Å². The number of hydrogen-bond acceptors (Lipinski definition) is 3. The zero-order valence-corrected chi connectivity index (χ0v) is 12.5. The predicted octanol–water partition coefficient (Wildman–Crippen LogP) is 2.11. The first-order valence-electron chi connectivity index (χ1n) is 7.68. The van der Waals surface area contributed by atoms with Crippen LogP contribution < -0.4 is 0 Å². The molecule has 2 heterocycles. The number of carbonyl (C=O) groups excluding carboxylic acids is 1. The molecule has 1 amide bonds. The number of fused-ring (bicyclic) bond motifs is 1. The fraction of sp³-hybridized carbons (Fsp3) is 0.529. The first-order chi connectivity index (χ1) is 10.2. The van der Waals surface area contributed by atoms with Crippen LogP contribution in [-0.4, -0.2) is 48.4 Å². The molecule has 0 radical (unpaired) electrons. The molecule has 0 saturated carbocycles. The van der Waals surface area contributed by atoms with Crippen LogP contribution in [0.25, 0.3) is 0 Å². The topological polar surface area (TPSA) is 47.3 Å². The molecule has 0 N–H and O–H groups in total. The summed E-state index contributed by atoms with van der Waals surface area (Å²) in [6.45, 7) is 2.85. The largest absolute Gasteiger partial charge is 0.338 e. The Morgan fingerprint density at radius 3 is 3.00 bits per heavy atom. The molecule has 2 fully saturated rings. The number of hydrogen-bond donors (Lipinski definition) is 0. The quantitative estimate of drug-likeness (QED) is 0.793. The maximum Gasteiger partial charge on any atom is 0.253 e. The molecule has 0 aliphatic carbocycles. The summed E-state index contributed by atoms with van der Waals surface area (Å²) in [4.78, 5) is 17.0. The lowest BCUT2D eigenvalue weighted by atomic mass is 9.84. The van der Waals surface area contributed by atoms with E-state index >= 15 is 0 Å². The lowest BCUT2D eigenvalue weighted by Crippen LogP contribution is -2.53. The second kappa shape index (κ2) is 5.87. The molecule has 110 valence electrons. The number of carbonyl (C=O) groups is 1. The van der Waals surface area contributed by atoms with Gasteiger partial charge in [-0.2, -0.15) is 5.26 Å². The van der Waals surface area contributed by atoms with E-state index in [0.29, 0.717) is 23.1 Å². The molecule has 3 rings (SSSR count). The van der Waals surface area contributed by atoms with Crippen LogP contribution in [0.3, 0.4) is 0 Å². The van der Waals surface area contributed by atoms with Gasteiger partial charge in [-0.15, -0.1) is 0 Å². The molecule has 21 heavy (non-hydrogen) atoms.